The first-order chi connectivity index (χ1) is 20.1. The molecule has 0 spiro atoms. The van der Waals surface area contributed by atoms with E-state index in [2.05, 4.69) is 24.9 Å². The number of pyridine rings is 1. The van der Waals surface area contributed by atoms with Crippen molar-refractivity contribution in [3.8, 4) is 22.5 Å². The van der Waals surface area contributed by atoms with Crippen molar-refractivity contribution in [2.75, 3.05) is 18.0 Å². The number of carbonyl (C=O) groups is 1. The van der Waals surface area contributed by atoms with Gasteiger partial charge in [0.1, 0.15) is 11.6 Å². The van der Waals surface area contributed by atoms with Crippen molar-refractivity contribution in [2.45, 2.75) is 25.4 Å². The van der Waals surface area contributed by atoms with Crippen molar-refractivity contribution < 1.29 is 27.5 Å². The smallest absolute Gasteiger partial charge is 0.416 e. The SMILES string of the molecule is O=C(O)C1(Cc2ccccn2)CCCN(c2ncc(-c3ccc(-c4nc5ccc(C(F)(F)F)cc5[nH]4)c(F)c3)cn2)C1. The molecule has 1 saturated heterocycles. The molecule has 1 unspecified atom stereocenters. The summed E-state index contributed by atoms with van der Waals surface area (Å²) in [4.78, 5) is 34.5. The van der Waals surface area contributed by atoms with Gasteiger partial charge in [-0.05, 0) is 60.9 Å². The van der Waals surface area contributed by atoms with Gasteiger partial charge in [-0.2, -0.15) is 13.2 Å². The molecule has 0 aliphatic carbocycles. The number of aromatic nitrogens is 5. The lowest BCUT2D eigenvalue weighted by molar-refractivity contribution is -0.149. The summed E-state index contributed by atoms with van der Waals surface area (Å²) >= 11 is 0. The number of carboxylic acid groups (broad SMARTS) is 1. The molecule has 0 radical (unpaired) electrons. The first-order valence-corrected chi connectivity index (χ1v) is 13.2. The van der Waals surface area contributed by atoms with Gasteiger partial charge in [0.15, 0.2) is 0 Å². The Kier molecular flexibility index (Phi) is 6.83. The average molecular weight is 577 g/mol. The number of H-pyrrole nitrogens is 1. The van der Waals surface area contributed by atoms with Crippen molar-refractivity contribution in [1.82, 2.24) is 24.9 Å². The zero-order valence-electron chi connectivity index (χ0n) is 22.1. The molecule has 0 bridgehead atoms. The number of carboxylic acids is 1. The summed E-state index contributed by atoms with van der Waals surface area (Å²) in [6.45, 7) is 0.825. The fraction of sp³-hybridized carbons (Fsp3) is 0.233. The van der Waals surface area contributed by atoms with Crippen LogP contribution in [-0.2, 0) is 17.4 Å². The fourth-order valence-corrected chi connectivity index (χ4v) is 5.38. The van der Waals surface area contributed by atoms with Crippen molar-refractivity contribution in [1.29, 1.82) is 0 Å². The number of anilines is 1. The molecule has 1 atom stereocenters. The molecule has 0 saturated carbocycles. The maximum atomic E-state index is 15.2. The molecule has 214 valence electrons. The molecular formula is C30H24F4N6O2. The number of rotatable bonds is 6. The number of hydrogen-bond acceptors (Lipinski definition) is 6. The highest BCUT2D eigenvalue weighted by Gasteiger charge is 2.43. The first kappa shape index (κ1) is 27.3. The summed E-state index contributed by atoms with van der Waals surface area (Å²) in [6, 6.07) is 13.0. The predicted octanol–water partition coefficient (Wildman–Crippen LogP) is 6.15. The normalized spacial score (nSPS) is 17.5. The number of nitrogens with one attached hydrogen (secondary N) is 1. The molecule has 42 heavy (non-hydrogen) atoms. The van der Waals surface area contributed by atoms with E-state index in [1.165, 1.54) is 18.2 Å². The van der Waals surface area contributed by atoms with Gasteiger partial charge in [0.05, 0.1) is 27.6 Å². The minimum Gasteiger partial charge on any atom is -0.481 e. The maximum Gasteiger partial charge on any atom is 0.416 e. The van der Waals surface area contributed by atoms with E-state index in [-0.39, 0.29) is 35.4 Å². The number of nitrogens with zero attached hydrogens (tertiary/aromatic N) is 5. The van der Waals surface area contributed by atoms with Gasteiger partial charge in [0.2, 0.25) is 5.95 Å². The monoisotopic (exact) mass is 576 g/mol. The summed E-state index contributed by atoms with van der Waals surface area (Å²) in [5, 5.41) is 10.1. The van der Waals surface area contributed by atoms with Crippen LogP contribution in [0.5, 0.6) is 0 Å². The van der Waals surface area contributed by atoms with Gasteiger partial charge >= 0.3 is 12.1 Å². The summed E-state index contributed by atoms with van der Waals surface area (Å²) in [7, 11) is 0. The third kappa shape index (κ3) is 5.27. The van der Waals surface area contributed by atoms with E-state index < -0.39 is 28.9 Å². The van der Waals surface area contributed by atoms with Crippen LogP contribution >= 0.6 is 0 Å². The van der Waals surface area contributed by atoms with Gasteiger partial charge in [-0.1, -0.05) is 12.1 Å². The number of fused-ring (bicyclic) bond motifs is 1. The number of alkyl halides is 3. The van der Waals surface area contributed by atoms with Crippen LogP contribution in [0, 0.1) is 11.2 Å². The van der Waals surface area contributed by atoms with E-state index in [4.69, 9.17) is 0 Å². The quantitative estimate of drug-likeness (QED) is 0.233. The zero-order chi connectivity index (χ0) is 29.5. The topological polar surface area (TPSA) is 108 Å². The number of aromatic amines is 1. The number of aliphatic carboxylic acids is 1. The fourth-order valence-electron chi connectivity index (χ4n) is 5.38. The Labute approximate surface area is 237 Å². The Morgan fingerprint density at radius 3 is 2.52 bits per heavy atom. The van der Waals surface area contributed by atoms with Crippen LogP contribution in [0.2, 0.25) is 0 Å². The lowest BCUT2D eigenvalue weighted by atomic mass is 9.76. The maximum absolute atomic E-state index is 15.2. The van der Waals surface area contributed by atoms with Gasteiger partial charge < -0.3 is 15.0 Å². The van der Waals surface area contributed by atoms with Gasteiger partial charge in [0, 0.05) is 49.4 Å². The van der Waals surface area contributed by atoms with Crippen molar-refractivity contribution in [3.05, 3.63) is 90.3 Å². The third-order valence-electron chi connectivity index (χ3n) is 7.56. The highest BCUT2D eigenvalue weighted by Crippen LogP contribution is 2.36. The Bertz CT molecular complexity index is 1760. The number of benzene rings is 2. The molecule has 3 aromatic heterocycles. The van der Waals surface area contributed by atoms with Crippen LogP contribution in [-0.4, -0.2) is 49.1 Å². The van der Waals surface area contributed by atoms with Crippen LogP contribution in [0.1, 0.15) is 24.1 Å². The van der Waals surface area contributed by atoms with E-state index in [0.29, 0.717) is 42.2 Å². The molecule has 12 heteroatoms. The number of imidazole rings is 1. The van der Waals surface area contributed by atoms with Gasteiger partial charge in [-0.3, -0.25) is 9.78 Å². The Balaban J connectivity index is 1.21. The Morgan fingerprint density at radius 1 is 1.02 bits per heavy atom. The van der Waals surface area contributed by atoms with Crippen molar-refractivity contribution in [3.63, 3.8) is 0 Å². The second-order valence-electron chi connectivity index (χ2n) is 10.4. The van der Waals surface area contributed by atoms with Gasteiger partial charge in [-0.15, -0.1) is 0 Å². The minimum atomic E-state index is -4.50. The van der Waals surface area contributed by atoms with Crippen LogP contribution < -0.4 is 4.90 Å². The van der Waals surface area contributed by atoms with Gasteiger partial charge in [0.25, 0.3) is 0 Å². The lowest BCUT2D eigenvalue weighted by Gasteiger charge is -2.39. The van der Waals surface area contributed by atoms with Gasteiger partial charge in [-0.25, -0.2) is 19.3 Å². The van der Waals surface area contributed by atoms with E-state index in [9.17, 15) is 23.1 Å². The molecular weight excluding hydrogens is 552 g/mol. The van der Waals surface area contributed by atoms with Crippen LogP contribution in [0.25, 0.3) is 33.5 Å². The molecule has 2 N–H and O–H groups in total. The highest BCUT2D eigenvalue weighted by atomic mass is 19.4. The summed E-state index contributed by atoms with van der Waals surface area (Å²) in [5.74, 6) is -1.03. The molecule has 6 rings (SSSR count). The first-order valence-electron chi connectivity index (χ1n) is 13.2. The minimum absolute atomic E-state index is 0.104. The van der Waals surface area contributed by atoms with Crippen LogP contribution in [0.15, 0.2) is 73.2 Å². The summed E-state index contributed by atoms with van der Waals surface area (Å²) in [5.41, 5.74) is 0.427. The largest absolute Gasteiger partial charge is 0.481 e. The van der Waals surface area contributed by atoms with E-state index in [0.717, 1.165) is 12.1 Å². The van der Waals surface area contributed by atoms with E-state index >= 15 is 4.39 Å². The Hall–Kier alpha value is -4.87. The van der Waals surface area contributed by atoms with E-state index in [1.54, 1.807) is 30.7 Å². The molecule has 8 nitrogen and oxygen atoms in total. The molecule has 1 aliphatic rings. The number of piperidine rings is 1. The van der Waals surface area contributed by atoms with Crippen molar-refractivity contribution >= 4 is 23.0 Å². The molecule has 1 aliphatic heterocycles. The molecule has 0 amide bonds. The van der Waals surface area contributed by atoms with Crippen LogP contribution in [0.3, 0.4) is 0 Å². The standard InChI is InChI=1S/C30H24F4N6O2/c31-23-12-18(5-7-22(23)26-38-24-8-6-20(30(32,33)34)13-25(24)39-26)19-15-36-28(37-16-19)40-11-3-9-29(17-40,27(41)42)14-21-4-1-2-10-35-21/h1-2,4-8,10,12-13,15-16H,3,9,11,14,17H2,(H,38,39)(H,41,42). The number of halogens is 4. The summed E-state index contributed by atoms with van der Waals surface area (Å²) in [6.07, 6.45) is 1.69. The summed E-state index contributed by atoms with van der Waals surface area (Å²) < 4.78 is 54.4. The molecule has 5 aromatic rings. The van der Waals surface area contributed by atoms with E-state index in [1.807, 2.05) is 17.0 Å². The zero-order valence-corrected chi connectivity index (χ0v) is 22.1. The third-order valence-corrected chi connectivity index (χ3v) is 7.56. The van der Waals surface area contributed by atoms with Crippen LogP contribution in [0.4, 0.5) is 23.5 Å². The Morgan fingerprint density at radius 2 is 1.83 bits per heavy atom. The van der Waals surface area contributed by atoms with Crippen molar-refractivity contribution in [2.24, 2.45) is 5.41 Å². The molecule has 4 heterocycles. The lowest BCUT2D eigenvalue weighted by Crippen LogP contribution is -2.49. The highest BCUT2D eigenvalue weighted by molar-refractivity contribution is 5.81. The second-order valence-corrected chi connectivity index (χ2v) is 10.4. The average Bonchev–Trinajstić information content (AvgIpc) is 3.41. The molecule has 2 aromatic carbocycles. The molecule has 1 fully saturated rings. The number of hydrogen-bond donors (Lipinski definition) is 2. The predicted molar refractivity (Wildman–Crippen MR) is 147 cm³/mol. The second kappa shape index (κ2) is 10.5.